The SMILES string of the molecule is CCCN(CCc1ccc(Cl)c(Cl)c1)CCC(O)Oc1ccc(NS(C)(=O)=O)cc1. The van der Waals surface area contributed by atoms with Gasteiger partial charge in [0.15, 0.2) is 6.29 Å². The van der Waals surface area contributed by atoms with Crippen LogP contribution in [0.2, 0.25) is 10.0 Å². The first-order valence-corrected chi connectivity index (χ1v) is 12.4. The summed E-state index contributed by atoms with van der Waals surface area (Å²) in [5, 5.41) is 11.3. The molecule has 0 saturated heterocycles. The molecule has 2 aromatic carbocycles. The molecule has 30 heavy (non-hydrogen) atoms. The summed E-state index contributed by atoms with van der Waals surface area (Å²) in [6.07, 6.45) is 2.42. The monoisotopic (exact) mass is 474 g/mol. The van der Waals surface area contributed by atoms with Crippen LogP contribution >= 0.6 is 23.2 Å². The fourth-order valence-corrected chi connectivity index (χ4v) is 3.84. The second-order valence-corrected chi connectivity index (χ2v) is 9.66. The summed E-state index contributed by atoms with van der Waals surface area (Å²) in [6, 6.07) is 12.1. The van der Waals surface area contributed by atoms with E-state index in [0.29, 0.717) is 34.4 Å². The van der Waals surface area contributed by atoms with E-state index in [1.165, 1.54) is 0 Å². The topological polar surface area (TPSA) is 78.9 Å². The van der Waals surface area contributed by atoms with Gasteiger partial charge in [-0.05, 0) is 61.3 Å². The van der Waals surface area contributed by atoms with E-state index in [-0.39, 0.29) is 0 Å². The molecule has 1 atom stereocenters. The number of hydrogen-bond acceptors (Lipinski definition) is 5. The van der Waals surface area contributed by atoms with Gasteiger partial charge < -0.3 is 14.7 Å². The lowest BCUT2D eigenvalue weighted by atomic mass is 10.1. The Bertz CT molecular complexity index is 908. The van der Waals surface area contributed by atoms with Crippen molar-refractivity contribution in [3.8, 4) is 5.75 Å². The molecule has 1 unspecified atom stereocenters. The third kappa shape index (κ3) is 9.10. The Hall–Kier alpha value is -1.51. The third-order valence-electron chi connectivity index (χ3n) is 4.36. The number of ether oxygens (including phenoxy) is 1. The van der Waals surface area contributed by atoms with E-state index in [4.69, 9.17) is 27.9 Å². The number of benzene rings is 2. The number of halogens is 2. The van der Waals surface area contributed by atoms with Crippen molar-refractivity contribution in [1.82, 2.24) is 4.90 Å². The fraction of sp³-hybridized carbons (Fsp3) is 0.429. The molecule has 0 amide bonds. The third-order valence-corrected chi connectivity index (χ3v) is 5.71. The minimum absolute atomic E-state index is 0.441. The lowest BCUT2D eigenvalue weighted by Crippen LogP contribution is -2.31. The molecule has 9 heteroatoms. The van der Waals surface area contributed by atoms with Gasteiger partial charge in [-0.1, -0.05) is 36.2 Å². The van der Waals surface area contributed by atoms with Crippen LogP contribution in [0.1, 0.15) is 25.3 Å². The Kier molecular flexibility index (Phi) is 9.71. The molecule has 2 aromatic rings. The van der Waals surface area contributed by atoms with E-state index in [9.17, 15) is 13.5 Å². The van der Waals surface area contributed by atoms with Crippen LogP contribution in [0.3, 0.4) is 0 Å². The summed E-state index contributed by atoms with van der Waals surface area (Å²) in [7, 11) is -3.33. The lowest BCUT2D eigenvalue weighted by molar-refractivity contribution is -0.0288. The molecule has 0 aromatic heterocycles. The molecule has 0 saturated carbocycles. The van der Waals surface area contributed by atoms with E-state index < -0.39 is 16.3 Å². The quantitative estimate of drug-likeness (QED) is 0.445. The highest BCUT2D eigenvalue weighted by atomic mass is 35.5. The Morgan fingerprint density at radius 3 is 2.37 bits per heavy atom. The number of aliphatic hydroxyl groups excluding tert-OH is 1. The summed E-state index contributed by atoms with van der Waals surface area (Å²) in [5.74, 6) is 0.472. The summed E-state index contributed by atoms with van der Waals surface area (Å²) >= 11 is 12.0. The molecule has 0 aliphatic carbocycles. The number of hydrogen-bond donors (Lipinski definition) is 2. The van der Waals surface area contributed by atoms with Gasteiger partial charge in [-0.25, -0.2) is 8.42 Å². The van der Waals surface area contributed by atoms with E-state index in [2.05, 4.69) is 16.5 Å². The standard InChI is InChI=1S/C21H28Cl2N2O4S/c1-3-12-25(13-10-16-4-9-19(22)20(23)15-16)14-11-21(26)29-18-7-5-17(6-8-18)24-30(2,27)28/h4-9,15,21,24,26H,3,10-14H2,1-2H3. The van der Waals surface area contributed by atoms with Crippen LogP contribution in [-0.2, 0) is 16.4 Å². The highest BCUT2D eigenvalue weighted by Gasteiger charge is 2.11. The van der Waals surface area contributed by atoms with E-state index in [1.54, 1.807) is 30.3 Å². The van der Waals surface area contributed by atoms with Gasteiger partial charge in [0, 0.05) is 25.2 Å². The van der Waals surface area contributed by atoms with Gasteiger partial charge >= 0.3 is 0 Å². The first kappa shape index (κ1) is 24.8. The normalized spacial score (nSPS) is 12.7. The molecule has 0 bridgehead atoms. The van der Waals surface area contributed by atoms with Crippen molar-refractivity contribution in [3.05, 3.63) is 58.1 Å². The highest BCUT2D eigenvalue weighted by molar-refractivity contribution is 7.92. The van der Waals surface area contributed by atoms with Crippen LogP contribution in [0.5, 0.6) is 5.75 Å². The predicted molar refractivity (Wildman–Crippen MR) is 123 cm³/mol. The zero-order valence-corrected chi connectivity index (χ0v) is 19.5. The number of rotatable bonds is 12. The Morgan fingerprint density at radius 1 is 1.07 bits per heavy atom. The molecule has 6 nitrogen and oxygen atoms in total. The van der Waals surface area contributed by atoms with Gasteiger partial charge in [0.25, 0.3) is 0 Å². The number of nitrogens with one attached hydrogen (secondary N) is 1. The maximum absolute atomic E-state index is 11.2. The highest BCUT2D eigenvalue weighted by Crippen LogP contribution is 2.23. The number of sulfonamides is 1. The van der Waals surface area contributed by atoms with Gasteiger partial charge in [-0.3, -0.25) is 4.72 Å². The van der Waals surface area contributed by atoms with Gasteiger partial charge in [-0.2, -0.15) is 0 Å². The van der Waals surface area contributed by atoms with Crippen molar-refractivity contribution in [3.63, 3.8) is 0 Å². The van der Waals surface area contributed by atoms with E-state index in [1.807, 2.05) is 12.1 Å². The molecule has 2 rings (SSSR count). The molecule has 0 heterocycles. The first-order chi connectivity index (χ1) is 14.2. The molecule has 0 radical (unpaired) electrons. The fourth-order valence-electron chi connectivity index (χ4n) is 2.96. The van der Waals surface area contributed by atoms with Crippen LogP contribution in [0.4, 0.5) is 5.69 Å². The zero-order chi connectivity index (χ0) is 22.1. The Labute approximate surface area is 188 Å². The summed E-state index contributed by atoms with van der Waals surface area (Å²) in [5.41, 5.74) is 1.56. The summed E-state index contributed by atoms with van der Waals surface area (Å²) in [4.78, 5) is 2.27. The molecular weight excluding hydrogens is 447 g/mol. The maximum Gasteiger partial charge on any atom is 0.229 e. The Balaban J connectivity index is 1.82. The second-order valence-electron chi connectivity index (χ2n) is 7.10. The van der Waals surface area contributed by atoms with Crippen LogP contribution in [0.15, 0.2) is 42.5 Å². The summed E-state index contributed by atoms with van der Waals surface area (Å²) in [6.45, 7) is 4.56. The molecule has 0 aliphatic rings. The van der Waals surface area contributed by atoms with Gasteiger partial charge in [0.05, 0.1) is 16.3 Å². The number of aliphatic hydroxyl groups is 1. The Morgan fingerprint density at radius 2 is 1.77 bits per heavy atom. The van der Waals surface area contributed by atoms with Gasteiger partial charge in [0.1, 0.15) is 5.75 Å². The maximum atomic E-state index is 11.2. The molecule has 0 aliphatic heterocycles. The zero-order valence-electron chi connectivity index (χ0n) is 17.1. The minimum Gasteiger partial charge on any atom is -0.465 e. The molecule has 2 N–H and O–H groups in total. The van der Waals surface area contributed by atoms with Crippen LogP contribution in [-0.4, -0.2) is 50.6 Å². The average molecular weight is 475 g/mol. The van der Waals surface area contributed by atoms with E-state index in [0.717, 1.165) is 37.8 Å². The molecule has 0 fully saturated rings. The van der Waals surface area contributed by atoms with Crippen LogP contribution in [0, 0.1) is 0 Å². The van der Waals surface area contributed by atoms with Crippen LogP contribution < -0.4 is 9.46 Å². The summed E-state index contributed by atoms with van der Waals surface area (Å²) < 4.78 is 30.4. The van der Waals surface area contributed by atoms with Crippen molar-refractivity contribution < 1.29 is 18.3 Å². The molecule has 0 spiro atoms. The van der Waals surface area contributed by atoms with Crippen molar-refractivity contribution >= 4 is 38.9 Å². The number of nitrogens with zero attached hydrogens (tertiary/aromatic N) is 1. The average Bonchev–Trinajstić information content (AvgIpc) is 2.67. The number of anilines is 1. The molecular formula is C21H28Cl2N2O4S. The van der Waals surface area contributed by atoms with Crippen molar-refractivity contribution in [2.45, 2.75) is 32.5 Å². The van der Waals surface area contributed by atoms with Crippen molar-refractivity contribution in [2.24, 2.45) is 0 Å². The first-order valence-electron chi connectivity index (χ1n) is 9.75. The second kappa shape index (κ2) is 11.8. The van der Waals surface area contributed by atoms with Gasteiger partial charge in [-0.15, -0.1) is 0 Å². The lowest BCUT2D eigenvalue weighted by Gasteiger charge is -2.23. The van der Waals surface area contributed by atoms with Crippen molar-refractivity contribution in [2.75, 3.05) is 30.6 Å². The smallest absolute Gasteiger partial charge is 0.229 e. The molecule has 166 valence electrons. The predicted octanol–water partition coefficient (Wildman–Crippen LogP) is 4.41. The van der Waals surface area contributed by atoms with E-state index >= 15 is 0 Å². The minimum atomic E-state index is -3.33. The largest absolute Gasteiger partial charge is 0.465 e. The van der Waals surface area contributed by atoms with Crippen LogP contribution in [0.25, 0.3) is 0 Å². The van der Waals surface area contributed by atoms with Gasteiger partial charge in [0.2, 0.25) is 10.0 Å². The van der Waals surface area contributed by atoms with Crippen molar-refractivity contribution in [1.29, 1.82) is 0 Å².